The molecule has 0 amide bonds. The number of rotatable bonds is 4. The second-order valence-corrected chi connectivity index (χ2v) is 7.26. The fourth-order valence-corrected chi connectivity index (χ4v) is 3.65. The van der Waals surface area contributed by atoms with Crippen molar-refractivity contribution in [2.24, 2.45) is 0 Å². The van der Waals surface area contributed by atoms with Crippen molar-refractivity contribution in [3.05, 3.63) is 77.1 Å². The Kier molecular flexibility index (Phi) is 4.96. The molecule has 0 bridgehead atoms. The summed E-state index contributed by atoms with van der Waals surface area (Å²) in [6.07, 6.45) is 3.92. The molecular weight excluding hydrogens is 344 g/mol. The van der Waals surface area contributed by atoms with Crippen LogP contribution in [0.2, 0.25) is 5.02 Å². The average Bonchev–Trinajstić information content (AvgIpc) is 3.13. The molecule has 0 atom stereocenters. The van der Waals surface area contributed by atoms with Gasteiger partial charge in [0.05, 0.1) is 0 Å². The molecule has 0 unspecified atom stereocenters. The molecule has 134 valence electrons. The summed E-state index contributed by atoms with van der Waals surface area (Å²) >= 11 is 6.10. The molecule has 1 aliphatic rings. The molecule has 0 spiro atoms. The summed E-state index contributed by atoms with van der Waals surface area (Å²) < 4.78 is 2.17. The first-order chi connectivity index (χ1) is 12.7. The number of aromatic nitrogens is 2. The number of aryl methyl sites for hydroxylation is 1. The van der Waals surface area contributed by atoms with E-state index in [-0.39, 0.29) is 0 Å². The topological polar surface area (TPSA) is 24.3 Å². The Labute approximate surface area is 159 Å². The van der Waals surface area contributed by atoms with Crippen LogP contribution in [0.3, 0.4) is 0 Å². The molecule has 1 saturated heterocycles. The summed E-state index contributed by atoms with van der Waals surface area (Å²) in [5.41, 5.74) is 3.70. The predicted octanol–water partition coefficient (Wildman–Crippen LogP) is 4.16. The Balaban J connectivity index is 1.42. The van der Waals surface area contributed by atoms with E-state index in [2.05, 4.69) is 62.7 Å². The average molecular weight is 367 g/mol. The second-order valence-electron chi connectivity index (χ2n) is 6.83. The summed E-state index contributed by atoms with van der Waals surface area (Å²) in [6, 6.07) is 16.7. The molecule has 0 N–H and O–H groups in total. The number of anilines is 1. The van der Waals surface area contributed by atoms with E-state index in [1.165, 1.54) is 11.1 Å². The van der Waals surface area contributed by atoms with Gasteiger partial charge in [-0.1, -0.05) is 41.4 Å². The van der Waals surface area contributed by atoms with Gasteiger partial charge in [0.15, 0.2) is 0 Å². The summed E-state index contributed by atoms with van der Waals surface area (Å²) in [7, 11) is 0. The van der Waals surface area contributed by atoms with Crippen LogP contribution in [0.15, 0.2) is 60.9 Å². The van der Waals surface area contributed by atoms with Gasteiger partial charge in [-0.05, 0) is 36.8 Å². The van der Waals surface area contributed by atoms with Gasteiger partial charge in [0.2, 0.25) is 5.95 Å². The highest BCUT2D eigenvalue weighted by Gasteiger charge is 2.20. The summed E-state index contributed by atoms with van der Waals surface area (Å²) in [6.45, 7) is 7.05. The Morgan fingerprint density at radius 2 is 1.77 bits per heavy atom. The van der Waals surface area contributed by atoms with Gasteiger partial charge >= 0.3 is 0 Å². The van der Waals surface area contributed by atoms with E-state index in [0.29, 0.717) is 0 Å². The highest BCUT2D eigenvalue weighted by atomic mass is 35.5. The highest BCUT2D eigenvalue weighted by Crippen LogP contribution is 2.21. The van der Waals surface area contributed by atoms with Crippen LogP contribution in [0.25, 0.3) is 5.69 Å². The fraction of sp³-hybridized carbons (Fsp3) is 0.286. The van der Waals surface area contributed by atoms with Crippen LogP contribution in [-0.2, 0) is 6.54 Å². The van der Waals surface area contributed by atoms with E-state index >= 15 is 0 Å². The molecule has 26 heavy (non-hydrogen) atoms. The predicted molar refractivity (Wildman–Crippen MR) is 107 cm³/mol. The lowest BCUT2D eigenvalue weighted by molar-refractivity contribution is 0.248. The van der Waals surface area contributed by atoms with Gasteiger partial charge in [-0.3, -0.25) is 9.47 Å². The number of piperazine rings is 1. The molecule has 4 nitrogen and oxygen atoms in total. The number of imidazole rings is 1. The van der Waals surface area contributed by atoms with Gasteiger partial charge in [0.25, 0.3) is 0 Å². The lowest BCUT2D eigenvalue weighted by Crippen LogP contribution is -2.46. The standard InChI is InChI=1S/C21H23ClN4/c1-17-5-7-20(8-6-17)26-10-9-23-21(26)25-13-11-24(12-14-25)16-18-3-2-4-19(22)15-18/h2-10,15H,11-14,16H2,1H3. The van der Waals surface area contributed by atoms with Gasteiger partial charge in [-0.15, -0.1) is 0 Å². The molecule has 0 aliphatic carbocycles. The Morgan fingerprint density at radius 1 is 1.00 bits per heavy atom. The number of nitrogens with zero attached hydrogens (tertiary/aromatic N) is 4. The zero-order chi connectivity index (χ0) is 17.9. The number of hydrogen-bond acceptors (Lipinski definition) is 3. The largest absolute Gasteiger partial charge is 0.339 e. The maximum atomic E-state index is 6.10. The van der Waals surface area contributed by atoms with Gasteiger partial charge in [-0.25, -0.2) is 4.98 Å². The van der Waals surface area contributed by atoms with Crippen LogP contribution >= 0.6 is 11.6 Å². The van der Waals surface area contributed by atoms with Crippen molar-refractivity contribution in [1.82, 2.24) is 14.5 Å². The molecule has 1 aromatic heterocycles. The minimum atomic E-state index is 0.807. The van der Waals surface area contributed by atoms with E-state index < -0.39 is 0 Å². The van der Waals surface area contributed by atoms with Crippen molar-refractivity contribution >= 4 is 17.5 Å². The monoisotopic (exact) mass is 366 g/mol. The lowest BCUT2D eigenvalue weighted by atomic mass is 10.2. The van der Waals surface area contributed by atoms with Gasteiger partial charge in [0.1, 0.15) is 0 Å². The van der Waals surface area contributed by atoms with Crippen molar-refractivity contribution in [3.63, 3.8) is 0 Å². The smallest absolute Gasteiger partial charge is 0.210 e. The molecule has 0 saturated carbocycles. The summed E-state index contributed by atoms with van der Waals surface area (Å²) in [4.78, 5) is 9.46. The van der Waals surface area contributed by atoms with Gasteiger partial charge in [0, 0.05) is 55.8 Å². The maximum Gasteiger partial charge on any atom is 0.210 e. The van der Waals surface area contributed by atoms with E-state index in [1.807, 2.05) is 24.5 Å². The van der Waals surface area contributed by atoms with Crippen molar-refractivity contribution in [3.8, 4) is 5.69 Å². The van der Waals surface area contributed by atoms with Crippen LogP contribution in [-0.4, -0.2) is 40.6 Å². The first-order valence-corrected chi connectivity index (χ1v) is 9.39. The zero-order valence-electron chi connectivity index (χ0n) is 15.0. The van der Waals surface area contributed by atoms with Crippen molar-refractivity contribution in [2.45, 2.75) is 13.5 Å². The minimum Gasteiger partial charge on any atom is -0.339 e. The van der Waals surface area contributed by atoms with E-state index in [9.17, 15) is 0 Å². The molecular formula is C21H23ClN4. The normalized spacial score (nSPS) is 15.4. The highest BCUT2D eigenvalue weighted by molar-refractivity contribution is 6.30. The molecule has 2 heterocycles. The van der Waals surface area contributed by atoms with Crippen molar-refractivity contribution in [2.75, 3.05) is 31.1 Å². The zero-order valence-corrected chi connectivity index (χ0v) is 15.7. The third-order valence-electron chi connectivity index (χ3n) is 4.88. The van der Waals surface area contributed by atoms with Gasteiger partial charge < -0.3 is 4.90 Å². The number of hydrogen-bond donors (Lipinski definition) is 0. The quantitative estimate of drug-likeness (QED) is 0.693. The molecule has 2 aromatic carbocycles. The molecule has 5 heteroatoms. The second kappa shape index (κ2) is 7.52. The Morgan fingerprint density at radius 3 is 2.50 bits per heavy atom. The van der Waals surface area contributed by atoms with Crippen LogP contribution in [0, 0.1) is 6.92 Å². The summed E-state index contributed by atoms with van der Waals surface area (Å²) in [5, 5.41) is 0.807. The first-order valence-electron chi connectivity index (χ1n) is 9.01. The molecule has 0 radical (unpaired) electrons. The Bertz CT molecular complexity index is 864. The summed E-state index contributed by atoms with van der Waals surface area (Å²) in [5.74, 6) is 1.02. The van der Waals surface area contributed by atoms with Crippen LogP contribution in [0.1, 0.15) is 11.1 Å². The number of halogens is 1. The Hall–Kier alpha value is -2.30. The first kappa shape index (κ1) is 17.1. The lowest BCUT2D eigenvalue weighted by Gasteiger charge is -2.35. The third-order valence-corrected chi connectivity index (χ3v) is 5.12. The van der Waals surface area contributed by atoms with E-state index in [1.54, 1.807) is 0 Å². The molecule has 3 aromatic rings. The van der Waals surface area contributed by atoms with Crippen molar-refractivity contribution in [1.29, 1.82) is 0 Å². The van der Waals surface area contributed by atoms with Crippen molar-refractivity contribution < 1.29 is 0 Å². The molecule has 1 aliphatic heterocycles. The van der Waals surface area contributed by atoms with E-state index in [0.717, 1.165) is 49.4 Å². The van der Waals surface area contributed by atoms with Gasteiger partial charge in [-0.2, -0.15) is 0 Å². The van der Waals surface area contributed by atoms with E-state index in [4.69, 9.17) is 11.6 Å². The fourth-order valence-electron chi connectivity index (χ4n) is 3.44. The molecule has 4 rings (SSSR count). The third kappa shape index (κ3) is 3.76. The minimum absolute atomic E-state index is 0.807. The number of benzene rings is 2. The molecule has 1 fully saturated rings. The SMILES string of the molecule is Cc1ccc(-n2ccnc2N2CCN(Cc3cccc(Cl)c3)CC2)cc1. The van der Waals surface area contributed by atoms with Crippen LogP contribution in [0.5, 0.6) is 0 Å². The maximum absolute atomic E-state index is 6.10. The van der Waals surface area contributed by atoms with Crippen LogP contribution in [0.4, 0.5) is 5.95 Å². The van der Waals surface area contributed by atoms with Crippen LogP contribution < -0.4 is 4.90 Å².